The van der Waals surface area contributed by atoms with Gasteiger partial charge in [0.05, 0.1) is 6.33 Å². The molecule has 2 aromatic rings. The smallest absolute Gasteiger partial charge is 0.254 e. The number of piperidine rings is 1. The van der Waals surface area contributed by atoms with Gasteiger partial charge in [0.1, 0.15) is 0 Å². The fourth-order valence-electron chi connectivity index (χ4n) is 2.84. The second kappa shape index (κ2) is 5.55. The Labute approximate surface area is 122 Å². The zero-order valence-electron chi connectivity index (χ0n) is 12.0. The predicted octanol–water partition coefficient (Wildman–Crippen LogP) is 1.36. The van der Waals surface area contributed by atoms with E-state index < -0.39 is 0 Å². The third-order valence-corrected chi connectivity index (χ3v) is 3.92. The van der Waals surface area contributed by atoms with E-state index in [1.54, 1.807) is 19.2 Å². The lowest BCUT2D eigenvalue weighted by Crippen LogP contribution is -2.39. The maximum atomic E-state index is 12.5. The monoisotopic (exact) mass is 286 g/mol. The van der Waals surface area contributed by atoms with Crippen LogP contribution < -0.4 is 5.56 Å². The molecule has 6 heteroatoms. The van der Waals surface area contributed by atoms with Gasteiger partial charge in [0, 0.05) is 48.8 Å². The average molecular weight is 286 g/mol. The first-order valence-electron chi connectivity index (χ1n) is 7.11. The number of nitrogens with zero attached hydrogens (tertiary/aromatic N) is 3. The normalized spacial score (nSPS) is 16.1. The number of carbonyl (C=O) groups excluding carboxylic acids is 1. The van der Waals surface area contributed by atoms with Crippen molar-refractivity contribution in [2.75, 3.05) is 13.1 Å². The molecule has 6 nitrogen and oxygen atoms in total. The molecule has 0 aromatic carbocycles. The lowest BCUT2D eigenvalue weighted by atomic mass is 10.0. The third-order valence-electron chi connectivity index (χ3n) is 3.92. The van der Waals surface area contributed by atoms with Crippen LogP contribution in [-0.4, -0.2) is 38.4 Å². The van der Waals surface area contributed by atoms with Crippen molar-refractivity contribution in [2.45, 2.75) is 25.8 Å². The quantitative estimate of drug-likeness (QED) is 0.906. The number of hydrogen-bond donors (Lipinski definition) is 1. The molecule has 0 radical (unpaired) electrons. The minimum absolute atomic E-state index is 0.0618. The number of aromatic nitrogens is 3. The molecular formula is C15H18N4O2. The summed E-state index contributed by atoms with van der Waals surface area (Å²) in [7, 11) is 0. The lowest BCUT2D eigenvalue weighted by Gasteiger charge is -2.32. The summed E-state index contributed by atoms with van der Waals surface area (Å²) < 4.78 is 2.10. The first-order chi connectivity index (χ1) is 10.1. The van der Waals surface area contributed by atoms with E-state index in [0.717, 1.165) is 12.8 Å². The fraction of sp³-hybridized carbons (Fsp3) is 0.400. The number of amides is 1. The summed E-state index contributed by atoms with van der Waals surface area (Å²) in [4.78, 5) is 32.5. The first kappa shape index (κ1) is 13.6. The Kier molecular flexibility index (Phi) is 3.60. The van der Waals surface area contributed by atoms with Gasteiger partial charge in [-0.3, -0.25) is 9.59 Å². The molecule has 0 aliphatic carbocycles. The molecule has 1 saturated heterocycles. The van der Waals surface area contributed by atoms with Crippen LogP contribution in [0, 0.1) is 6.92 Å². The van der Waals surface area contributed by atoms with E-state index in [1.165, 1.54) is 6.07 Å². The fourth-order valence-corrected chi connectivity index (χ4v) is 2.84. The molecule has 1 N–H and O–H groups in total. The lowest BCUT2D eigenvalue weighted by molar-refractivity contribution is 0.0694. The Bertz CT molecular complexity index is 682. The molecule has 2 aromatic heterocycles. The van der Waals surface area contributed by atoms with Crippen LogP contribution in [0.5, 0.6) is 0 Å². The van der Waals surface area contributed by atoms with Gasteiger partial charge >= 0.3 is 0 Å². The van der Waals surface area contributed by atoms with Crippen LogP contribution in [0.2, 0.25) is 0 Å². The van der Waals surface area contributed by atoms with Crippen molar-refractivity contribution in [1.29, 1.82) is 0 Å². The van der Waals surface area contributed by atoms with Crippen molar-refractivity contribution in [1.82, 2.24) is 19.4 Å². The van der Waals surface area contributed by atoms with E-state index in [9.17, 15) is 9.59 Å². The number of aryl methyl sites for hydroxylation is 1. The highest BCUT2D eigenvalue weighted by atomic mass is 16.2. The maximum absolute atomic E-state index is 12.5. The van der Waals surface area contributed by atoms with Gasteiger partial charge in [0.25, 0.3) is 5.91 Å². The van der Waals surface area contributed by atoms with Gasteiger partial charge in [-0.05, 0) is 25.8 Å². The largest absolute Gasteiger partial charge is 0.338 e. The predicted molar refractivity (Wildman–Crippen MR) is 78.2 cm³/mol. The standard InChI is InChI=1S/C15H18N4O2/c1-11-8-12(9-14(20)17-11)15(21)18-5-2-13(3-6-18)19-7-4-16-10-19/h4,7-10,13H,2-3,5-6H2,1H3,(H,17,20). The zero-order valence-corrected chi connectivity index (χ0v) is 12.0. The number of likely N-dealkylation sites (tertiary alicyclic amines) is 1. The summed E-state index contributed by atoms with van der Waals surface area (Å²) in [6.07, 6.45) is 7.37. The number of imidazole rings is 1. The van der Waals surface area contributed by atoms with Crippen molar-refractivity contribution < 1.29 is 4.79 Å². The molecule has 1 fully saturated rings. The number of carbonyl (C=O) groups is 1. The highest BCUT2D eigenvalue weighted by molar-refractivity contribution is 5.94. The average Bonchev–Trinajstić information content (AvgIpc) is 3.00. The third kappa shape index (κ3) is 2.89. The van der Waals surface area contributed by atoms with E-state index in [4.69, 9.17) is 0 Å². The highest BCUT2D eigenvalue weighted by Crippen LogP contribution is 2.23. The summed E-state index contributed by atoms with van der Waals surface area (Å²) in [5.41, 5.74) is 0.947. The van der Waals surface area contributed by atoms with E-state index in [-0.39, 0.29) is 11.5 Å². The van der Waals surface area contributed by atoms with Crippen LogP contribution in [0.3, 0.4) is 0 Å². The van der Waals surface area contributed by atoms with E-state index in [1.807, 2.05) is 17.4 Å². The summed E-state index contributed by atoms with van der Waals surface area (Å²) in [5.74, 6) is -0.0618. The molecular weight excluding hydrogens is 268 g/mol. The van der Waals surface area contributed by atoms with Crippen molar-refractivity contribution in [3.63, 3.8) is 0 Å². The molecule has 3 rings (SSSR count). The Hall–Kier alpha value is -2.37. The van der Waals surface area contributed by atoms with Crippen molar-refractivity contribution in [3.05, 3.63) is 52.5 Å². The first-order valence-corrected chi connectivity index (χ1v) is 7.11. The Morgan fingerprint density at radius 3 is 2.71 bits per heavy atom. The number of hydrogen-bond acceptors (Lipinski definition) is 3. The number of pyridine rings is 1. The van der Waals surface area contributed by atoms with Crippen LogP contribution in [0.25, 0.3) is 0 Å². The van der Waals surface area contributed by atoms with E-state index in [0.29, 0.717) is 30.4 Å². The summed E-state index contributed by atoms with van der Waals surface area (Å²) in [6, 6.07) is 3.50. The number of nitrogens with one attached hydrogen (secondary N) is 1. The van der Waals surface area contributed by atoms with Gasteiger partial charge in [0.2, 0.25) is 5.56 Å². The topological polar surface area (TPSA) is 71.0 Å². The molecule has 0 atom stereocenters. The maximum Gasteiger partial charge on any atom is 0.254 e. The number of H-pyrrole nitrogens is 1. The molecule has 110 valence electrons. The number of aromatic amines is 1. The van der Waals surface area contributed by atoms with Gasteiger partial charge in [-0.25, -0.2) is 4.98 Å². The second-order valence-electron chi connectivity index (χ2n) is 5.45. The molecule has 1 aliphatic heterocycles. The molecule has 0 saturated carbocycles. The van der Waals surface area contributed by atoms with E-state index >= 15 is 0 Å². The van der Waals surface area contributed by atoms with Crippen molar-refractivity contribution >= 4 is 5.91 Å². The highest BCUT2D eigenvalue weighted by Gasteiger charge is 2.24. The molecule has 1 amide bonds. The van der Waals surface area contributed by atoms with Crippen LogP contribution in [0.15, 0.2) is 35.6 Å². The van der Waals surface area contributed by atoms with Crippen LogP contribution in [0.4, 0.5) is 0 Å². The van der Waals surface area contributed by atoms with Gasteiger partial charge < -0.3 is 14.5 Å². The van der Waals surface area contributed by atoms with Gasteiger partial charge in [-0.2, -0.15) is 0 Å². The Morgan fingerprint density at radius 2 is 2.10 bits per heavy atom. The SMILES string of the molecule is Cc1cc(C(=O)N2CCC(n3ccnc3)CC2)cc(=O)[nH]1. The molecule has 0 bridgehead atoms. The molecule has 0 unspecified atom stereocenters. The van der Waals surface area contributed by atoms with Crippen molar-refractivity contribution in [2.24, 2.45) is 0 Å². The van der Waals surface area contributed by atoms with Gasteiger partial charge in [0.15, 0.2) is 0 Å². The molecule has 3 heterocycles. The van der Waals surface area contributed by atoms with Crippen LogP contribution in [-0.2, 0) is 0 Å². The summed E-state index contributed by atoms with van der Waals surface area (Å²) in [5, 5.41) is 0. The van der Waals surface area contributed by atoms with Crippen LogP contribution in [0.1, 0.15) is 34.9 Å². The minimum Gasteiger partial charge on any atom is -0.338 e. The van der Waals surface area contributed by atoms with Gasteiger partial charge in [-0.15, -0.1) is 0 Å². The zero-order chi connectivity index (χ0) is 14.8. The van der Waals surface area contributed by atoms with Crippen molar-refractivity contribution in [3.8, 4) is 0 Å². The molecule has 0 spiro atoms. The minimum atomic E-state index is -0.230. The molecule has 21 heavy (non-hydrogen) atoms. The molecule has 1 aliphatic rings. The van der Waals surface area contributed by atoms with Gasteiger partial charge in [-0.1, -0.05) is 0 Å². The summed E-state index contributed by atoms with van der Waals surface area (Å²) in [6.45, 7) is 3.19. The Morgan fingerprint density at radius 1 is 1.33 bits per heavy atom. The number of rotatable bonds is 2. The summed E-state index contributed by atoms with van der Waals surface area (Å²) >= 11 is 0. The van der Waals surface area contributed by atoms with E-state index in [2.05, 4.69) is 14.5 Å². The second-order valence-corrected chi connectivity index (χ2v) is 5.45. The van der Waals surface area contributed by atoms with Crippen LogP contribution >= 0.6 is 0 Å². The Balaban J connectivity index is 1.69.